The number of hydrogen-bond donors (Lipinski definition) is 0. The SMILES string of the molecule is CCOc1c(Br)cc(/C=C2\CCn3c2nc2sc(C)c(C)c2c3=O)cc1OC. The number of halogens is 1. The first kappa shape index (κ1) is 19.2. The first-order valence-corrected chi connectivity index (χ1v) is 10.8. The monoisotopic (exact) mass is 460 g/mol. The largest absolute Gasteiger partial charge is 0.493 e. The lowest BCUT2D eigenvalue weighted by molar-refractivity contribution is 0.309. The van der Waals surface area contributed by atoms with E-state index in [2.05, 4.69) is 22.0 Å². The summed E-state index contributed by atoms with van der Waals surface area (Å²) in [6.45, 7) is 7.20. The van der Waals surface area contributed by atoms with Gasteiger partial charge in [-0.15, -0.1) is 11.3 Å². The molecule has 0 atom stereocenters. The minimum atomic E-state index is 0.0655. The zero-order chi connectivity index (χ0) is 20.0. The highest BCUT2D eigenvalue weighted by Gasteiger charge is 2.23. The summed E-state index contributed by atoms with van der Waals surface area (Å²) in [7, 11) is 1.63. The number of thiophene rings is 1. The number of benzene rings is 1. The van der Waals surface area contributed by atoms with Crippen LogP contribution in [0.2, 0.25) is 0 Å². The number of aryl methyl sites for hydroxylation is 2. The maximum absolute atomic E-state index is 13.0. The molecular weight excluding hydrogens is 440 g/mol. The van der Waals surface area contributed by atoms with Gasteiger partial charge in [-0.05, 0) is 78.0 Å². The molecule has 4 rings (SSSR count). The maximum atomic E-state index is 13.0. The first-order chi connectivity index (χ1) is 13.4. The van der Waals surface area contributed by atoms with Crippen molar-refractivity contribution in [2.24, 2.45) is 0 Å². The molecule has 3 aromatic rings. The van der Waals surface area contributed by atoms with Crippen molar-refractivity contribution in [1.29, 1.82) is 0 Å². The third kappa shape index (κ3) is 3.06. The third-order valence-electron chi connectivity index (χ3n) is 5.06. The van der Waals surface area contributed by atoms with Crippen molar-refractivity contribution < 1.29 is 9.47 Å². The molecule has 146 valence electrons. The van der Waals surface area contributed by atoms with Crippen LogP contribution in [-0.4, -0.2) is 23.3 Å². The topological polar surface area (TPSA) is 53.4 Å². The summed E-state index contributed by atoms with van der Waals surface area (Å²) in [5.41, 5.74) is 3.14. The summed E-state index contributed by atoms with van der Waals surface area (Å²) in [6.07, 6.45) is 2.86. The number of methoxy groups -OCH3 is 1. The molecule has 0 bridgehead atoms. The second-order valence-electron chi connectivity index (χ2n) is 6.74. The zero-order valence-corrected chi connectivity index (χ0v) is 18.7. The van der Waals surface area contributed by atoms with Crippen LogP contribution in [0.3, 0.4) is 0 Å². The van der Waals surface area contributed by atoms with E-state index in [0.29, 0.717) is 24.7 Å². The van der Waals surface area contributed by atoms with Crippen molar-refractivity contribution in [2.75, 3.05) is 13.7 Å². The van der Waals surface area contributed by atoms with Crippen LogP contribution in [0.5, 0.6) is 11.5 Å². The fourth-order valence-electron chi connectivity index (χ4n) is 3.57. The lowest BCUT2D eigenvalue weighted by Gasteiger charge is -2.12. The predicted molar refractivity (Wildman–Crippen MR) is 118 cm³/mol. The molecule has 28 heavy (non-hydrogen) atoms. The van der Waals surface area contributed by atoms with Gasteiger partial charge in [-0.1, -0.05) is 0 Å². The summed E-state index contributed by atoms with van der Waals surface area (Å²) in [5.74, 6) is 2.13. The summed E-state index contributed by atoms with van der Waals surface area (Å²) in [4.78, 5) is 19.8. The molecule has 1 aromatic carbocycles. The lowest BCUT2D eigenvalue weighted by Crippen LogP contribution is -2.20. The molecule has 2 aromatic heterocycles. The average Bonchev–Trinajstić information content (AvgIpc) is 3.19. The zero-order valence-electron chi connectivity index (χ0n) is 16.3. The number of ether oxygens (including phenoxy) is 2. The Morgan fingerprint density at radius 3 is 2.86 bits per heavy atom. The van der Waals surface area contributed by atoms with Crippen LogP contribution in [0.25, 0.3) is 21.9 Å². The minimum Gasteiger partial charge on any atom is -0.493 e. The van der Waals surface area contributed by atoms with E-state index in [4.69, 9.17) is 14.5 Å². The number of allylic oxidation sites excluding steroid dienone is 1. The molecule has 0 fully saturated rings. The molecule has 0 spiro atoms. The number of hydrogen-bond acceptors (Lipinski definition) is 5. The van der Waals surface area contributed by atoms with Gasteiger partial charge in [-0.25, -0.2) is 4.98 Å². The normalized spacial score (nSPS) is 14.7. The Kier molecular flexibility index (Phi) is 5.05. The van der Waals surface area contributed by atoms with Gasteiger partial charge in [-0.2, -0.15) is 0 Å². The van der Waals surface area contributed by atoms with Crippen LogP contribution in [0.4, 0.5) is 0 Å². The van der Waals surface area contributed by atoms with Gasteiger partial charge >= 0.3 is 0 Å². The highest BCUT2D eigenvalue weighted by molar-refractivity contribution is 9.10. The number of aromatic nitrogens is 2. The third-order valence-corrected chi connectivity index (χ3v) is 6.75. The standard InChI is InChI=1S/C21H21BrN2O3S/c1-5-27-18-15(22)9-13(10-16(18)26-4)8-14-6-7-24-19(14)23-20-17(21(24)25)11(2)12(3)28-20/h8-10H,5-7H2,1-4H3/b14-8+. The summed E-state index contributed by atoms with van der Waals surface area (Å²) in [5, 5.41) is 0.762. The molecule has 0 saturated heterocycles. The molecular formula is C21H21BrN2O3S. The molecule has 0 amide bonds. The number of fused-ring (bicyclic) bond motifs is 2. The number of rotatable bonds is 4. The van der Waals surface area contributed by atoms with Crippen LogP contribution in [0.1, 0.15) is 35.2 Å². The molecule has 1 aliphatic heterocycles. The molecule has 1 aliphatic rings. The fraction of sp³-hybridized carbons (Fsp3) is 0.333. The number of nitrogens with zero attached hydrogens (tertiary/aromatic N) is 2. The van der Waals surface area contributed by atoms with Gasteiger partial charge in [0.05, 0.1) is 23.6 Å². The molecule has 3 heterocycles. The van der Waals surface area contributed by atoms with E-state index < -0.39 is 0 Å². The molecule has 5 nitrogen and oxygen atoms in total. The van der Waals surface area contributed by atoms with Gasteiger partial charge < -0.3 is 9.47 Å². The van der Waals surface area contributed by atoms with Crippen molar-refractivity contribution in [3.63, 3.8) is 0 Å². The van der Waals surface area contributed by atoms with E-state index in [1.165, 1.54) is 0 Å². The van der Waals surface area contributed by atoms with Crippen LogP contribution in [-0.2, 0) is 6.54 Å². The van der Waals surface area contributed by atoms with Gasteiger partial charge in [-0.3, -0.25) is 9.36 Å². The minimum absolute atomic E-state index is 0.0655. The smallest absolute Gasteiger partial charge is 0.262 e. The maximum Gasteiger partial charge on any atom is 0.262 e. The van der Waals surface area contributed by atoms with E-state index in [0.717, 1.165) is 48.5 Å². The average molecular weight is 461 g/mol. The van der Waals surface area contributed by atoms with Crippen LogP contribution < -0.4 is 15.0 Å². The van der Waals surface area contributed by atoms with Crippen molar-refractivity contribution in [2.45, 2.75) is 33.7 Å². The Labute approximate surface area is 175 Å². The van der Waals surface area contributed by atoms with E-state index in [-0.39, 0.29) is 5.56 Å². The molecule has 0 radical (unpaired) electrons. The van der Waals surface area contributed by atoms with Crippen molar-refractivity contribution in [3.05, 3.63) is 48.8 Å². The molecule has 7 heteroatoms. The Balaban J connectivity index is 1.83. The summed E-state index contributed by atoms with van der Waals surface area (Å²) in [6, 6.07) is 3.95. The van der Waals surface area contributed by atoms with E-state index in [9.17, 15) is 4.79 Å². The first-order valence-electron chi connectivity index (χ1n) is 9.16. The second kappa shape index (κ2) is 7.37. The predicted octanol–water partition coefficient (Wildman–Crippen LogP) is 5.19. The van der Waals surface area contributed by atoms with Gasteiger partial charge in [0.25, 0.3) is 5.56 Å². The molecule has 0 unspecified atom stereocenters. The van der Waals surface area contributed by atoms with Gasteiger partial charge in [0.1, 0.15) is 10.7 Å². The van der Waals surface area contributed by atoms with Gasteiger partial charge in [0.2, 0.25) is 0 Å². The lowest BCUT2D eigenvalue weighted by atomic mass is 10.1. The Morgan fingerprint density at radius 1 is 1.36 bits per heavy atom. The van der Waals surface area contributed by atoms with Crippen LogP contribution >= 0.6 is 27.3 Å². The Hall–Kier alpha value is -2.12. The Morgan fingerprint density at radius 2 is 2.14 bits per heavy atom. The van der Waals surface area contributed by atoms with Crippen molar-refractivity contribution >= 4 is 49.1 Å². The van der Waals surface area contributed by atoms with E-state index in [1.807, 2.05) is 32.9 Å². The van der Waals surface area contributed by atoms with Crippen LogP contribution in [0, 0.1) is 13.8 Å². The van der Waals surface area contributed by atoms with Crippen LogP contribution in [0.15, 0.2) is 21.4 Å². The molecule has 0 saturated carbocycles. The quantitative estimate of drug-likeness (QED) is 0.537. The Bertz CT molecular complexity index is 1180. The second-order valence-corrected chi connectivity index (χ2v) is 8.80. The van der Waals surface area contributed by atoms with E-state index in [1.54, 1.807) is 23.0 Å². The van der Waals surface area contributed by atoms with Gasteiger partial charge in [0, 0.05) is 11.4 Å². The highest BCUT2D eigenvalue weighted by Crippen LogP contribution is 2.38. The summed E-state index contributed by atoms with van der Waals surface area (Å²) < 4.78 is 13.8. The van der Waals surface area contributed by atoms with Gasteiger partial charge in [0.15, 0.2) is 11.5 Å². The fourth-order valence-corrected chi connectivity index (χ4v) is 5.16. The van der Waals surface area contributed by atoms with E-state index >= 15 is 0 Å². The van der Waals surface area contributed by atoms with Crippen molar-refractivity contribution in [3.8, 4) is 11.5 Å². The molecule has 0 N–H and O–H groups in total. The molecule has 0 aliphatic carbocycles. The summed E-state index contributed by atoms with van der Waals surface area (Å²) >= 11 is 5.16. The highest BCUT2D eigenvalue weighted by atomic mass is 79.9. The van der Waals surface area contributed by atoms with Crippen molar-refractivity contribution in [1.82, 2.24) is 9.55 Å².